The average molecular weight is 173 g/mol. The molecule has 0 aliphatic heterocycles. The lowest BCUT2D eigenvalue weighted by Crippen LogP contribution is -2.48. The minimum atomic E-state index is -0.882. The van der Waals surface area contributed by atoms with Crippen LogP contribution in [0.1, 0.15) is 51.9 Å². The predicted octanol–water partition coefficient (Wildman–Crippen LogP) is 2.79. The molecule has 0 aromatic rings. The van der Waals surface area contributed by atoms with Crippen LogP contribution in [-0.2, 0) is 0 Å². The first-order chi connectivity index (χ1) is 5.66. The summed E-state index contributed by atoms with van der Waals surface area (Å²) in [6, 6.07) is 0.140. The molecule has 1 aliphatic rings. The molecule has 1 rings (SSSR count). The van der Waals surface area contributed by atoms with Gasteiger partial charge in [-0.3, -0.25) is 0 Å². The second kappa shape index (κ2) is 4.22. The van der Waals surface area contributed by atoms with Gasteiger partial charge in [-0.2, -0.15) is 0 Å². The smallest absolute Gasteiger partial charge is 0.114 e. The Hall–Kier alpha value is -0.110. The fourth-order valence-corrected chi connectivity index (χ4v) is 1.95. The normalized spacial score (nSPS) is 34.8. The standard InChI is InChI=1S/C10H20FN/c1-2-3-4-5-6-10(11)7-9(12)8-10/h9H,2-8,12H2,1H3. The lowest BCUT2D eigenvalue weighted by atomic mass is 9.75. The fraction of sp³-hybridized carbons (Fsp3) is 1.00. The molecule has 1 fully saturated rings. The van der Waals surface area contributed by atoms with E-state index in [9.17, 15) is 4.39 Å². The highest BCUT2D eigenvalue weighted by Gasteiger charge is 2.41. The summed E-state index contributed by atoms with van der Waals surface area (Å²) in [5.74, 6) is 0. The van der Waals surface area contributed by atoms with Crippen molar-refractivity contribution >= 4 is 0 Å². The Kier molecular flexibility index (Phi) is 3.51. The highest BCUT2D eigenvalue weighted by atomic mass is 19.1. The Morgan fingerprint density at radius 1 is 1.33 bits per heavy atom. The predicted molar refractivity (Wildman–Crippen MR) is 49.8 cm³/mol. The lowest BCUT2D eigenvalue weighted by molar-refractivity contribution is 0.0324. The summed E-state index contributed by atoms with van der Waals surface area (Å²) in [5.41, 5.74) is 4.66. The molecule has 0 heterocycles. The zero-order chi connectivity index (χ0) is 9.03. The van der Waals surface area contributed by atoms with Gasteiger partial charge in [-0.05, 0) is 19.3 Å². The number of halogens is 1. The highest BCUT2D eigenvalue weighted by molar-refractivity contribution is 4.96. The van der Waals surface area contributed by atoms with E-state index in [1.54, 1.807) is 0 Å². The monoisotopic (exact) mass is 173 g/mol. The quantitative estimate of drug-likeness (QED) is 0.636. The van der Waals surface area contributed by atoms with Crippen molar-refractivity contribution in [3.63, 3.8) is 0 Å². The topological polar surface area (TPSA) is 26.0 Å². The van der Waals surface area contributed by atoms with Gasteiger partial charge >= 0.3 is 0 Å². The van der Waals surface area contributed by atoms with Crippen molar-refractivity contribution < 1.29 is 4.39 Å². The molecule has 0 aromatic carbocycles. The van der Waals surface area contributed by atoms with Crippen LogP contribution in [0.3, 0.4) is 0 Å². The van der Waals surface area contributed by atoms with Gasteiger partial charge < -0.3 is 5.73 Å². The van der Waals surface area contributed by atoms with Crippen LogP contribution in [0.4, 0.5) is 4.39 Å². The van der Waals surface area contributed by atoms with E-state index in [1.807, 2.05) is 0 Å². The van der Waals surface area contributed by atoms with Crippen molar-refractivity contribution in [2.75, 3.05) is 0 Å². The van der Waals surface area contributed by atoms with Crippen molar-refractivity contribution in [1.82, 2.24) is 0 Å². The molecule has 0 unspecified atom stereocenters. The van der Waals surface area contributed by atoms with Gasteiger partial charge in [0.1, 0.15) is 5.67 Å². The average Bonchev–Trinajstić information content (AvgIpc) is 1.96. The van der Waals surface area contributed by atoms with Crippen molar-refractivity contribution in [3.05, 3.63) is 0 Å². The van der Waals surface area contributed by atoms with Gasteiger partial charge in [-0.15, -0.1) is 0 Å². The Morgan fingerprint density at radius 2 is 2.00 bits per heavy atom. The summed E-state index contributed by atoms with van der Waals surface area (Å²) in [6.07, 6.45) is 6.61. The van der Waals surface area contributed by atoms with E-state index in [1.165, 1.54) is 19.3 Å². The summed E-state index contributed by atoms with van der Waals surface area (Å²) in [6.45, 7) is 2.17. The highest BCUT2D eigenvalue weighted by Crippen LogP contribution is 2.39. The Labute approximate surface area is 74.5 Å². The van der Waals surface area contributed by atoms with Crippen LogP contribution in [-0.4, -0.2) is 11.7 Å². The van der Waals surface area contributed by atoms with Crippen LogP contribution in [0.25, 0.3) is 0 Å². The molecule has 0 aromatic heterocycles. The van der Waals surface area contributed by atoms with E-state index in [-0.39, 0.29) is 6.04 Å². The molecule has 0 saturated heterocycles. The van der Waals surface area contributed by atoms with Gasteiger partial charge in [0.15, 0.2) is 0 Å². The number of hydrogen-bond acceptors (Lipinski definition) is 1. The van der Waals surface area contributed by atoms with Crippen LogP contribution >= 0.6 is 0 Å². The number of hydrogen-bond donors (Lipinski definition) is 1. The maximum absolute atomic E-state index is 13.5. The van der Waals surface area contributed by atoms with Crippen LogP contribution in [0.2, 0.25) is 0 Å². The van der Waals surface area contributed by atoms with Gasteiger partial charge in [0, 0.05) is 6.04 Å². The van der Waals surface area contributed by atoms with Gasteiger partial charge in [0.25, 0.3) is 0 Å². The SMILES string of the molecule is CCCCCCC1(F)CC(N)C1. The molecule has 0 atom stereocenters. The molecule has 0 spiro atoms. The molecule has 1 saturated carbocycles. The van der Waals surface area contributed by atoms with E-state index < -0.39 is 5.67 Å². The molecular weight excluding hydrogens is 153 g/mol. The van der Waals surface area contributed by atoms with Crippen LogP contribution in [0.15, 0.2) is 0 Å². The van der Waals surface area contributed by atoms with E-state index in [0.717, 1.165) is 12.8 Å². The number of rotatable bonds is 5. The molecule has 0 radical (unpaired) electrons. The second-order valence-corrected chi connectivity index (χ2v) is 4.13. The first kappa shape index (κ1) is 9.97. The molecule has 0 amide bonds. The summed E-state index contributed by atoms with van der Waals surface area (Å²) >= 11 is 0. The van der Waals surface area contributed by atoms with Crippen molar-refractivity contribution in [3.8, 4) is 0 Å². The molecule has 2 N–H and O–H groups in total. The Morgan fingerprint density at radius 3 is 2.50 bits per heavy atom. The number of unbranched alkanes of at least 4 members (excludes halogenated alkanes) is 3. The number of alkyl halides is 1. The first-order valence-corrected chi connectivity index (χ1v) is 5.11. The molecule has 0 bridgehead atoms. The first-order valence-electron chi connectivity index (χ1n) is 5.11. The van der Waals surface area contributed by atoms with E-state index in [4.69, 9.17) is 5.73 Å². The summed E-state index contributed by atoms with van der Waals surface area (Å²) in [5, 5.41) is 0. The van der Waals surface area contributed by atoms with E-state index in [2.05, 4.69) is 6.92 Å². The van der Waals surface area contributed by atoms with Crippen molar-refractivity contribution in [2.45, 2.75) is 63.6 Å². The summed E-state index contributed by atoms with van der Waals surface area (Å²) in [7, 11) is 0. The third-order valence-electron chi connectivity index (χ3n) is 2.73. The maximum atomic E-state index is 13.5. The zero-order valence-corrected chi connectivity index (χ0v) is 7.98. The third kappa shape index (κ3) is 2.74. The van der Waals surface area contributed by atoms with Gasteiger partial charge in [-0.1, -0.05) is 32.6 Å². The van der Waals surface area contributed by atoms with Crippen LogP contribution in [0, 0.1) is 0 Å². The minimum Gasteiger partial charge on any atom is -0.327 e. The van der Waals surface area contributed by atoms with Gasteiger partial charge in [0.2, 0.25) is 0 Å². The van der Waals surface area contributed by atoms with Gasteiger partial charge in [0.05, 0.1) is 0 Å². The molecule has 12 heavy (non-hydrogen) atoms. The third-order valence-corrected chi connectivity index (χ3v) is 2.73. The molecule has 2 heteroatoms. The van der Waals surface area contributed by atoms with Gasteiger partial charge in [-0.25, -0.2) is 4.39 Å². The fourth-order valence-electron chi connectivity index (χ4n) is 1.95. The Bertz CT molecular complexity index is 130. The maximum Gasteiger partial charge on any atom is 0.114 e. The lowest BCUT2D eigenvalue weighted by Gasteiger charge is -2.39. The summed E-state index contributed by atoms with van der Waals surface area (Å²) < 4.78 is 13.5. The Balaban J connectivity index is 2.00. The van der Waals surface area contributed by atoms with Crippen LogP contribution < -0.4 is 5.73 Å². The molecule has 72 valence electrons. The van der Waals surface area contributed by atoms with Crippen LogP contribution in [0.5, 0.6) is 0 Å². The van der Waals surface area contributed by atoms with E-state index in [0.29, 0.717) is 12.8 Å². The van der Waals surface area contributed by atoms with Crippen molar-refractivity contribution in [2.24, 2.45) is 5.73 Å². The number of nitrogens with two attached hydrogens (primary N) is 1. The molecule has 1 aliphatic carbocycles. The van der Waals surface area contributed by atoms with E-state index >= 15 is 0 Å². The zero-order valence-electron chi connectivity index (χ0n) is 7.98. The second-order valence-electron chi connectivity index (χ2n) is 4.13. The molecule has 1 nitrogen and oxygen atoms in total. The van der Waals surface area contributed by atoms with Crippen molar-refractivity contribution in [1.29, 1.82) is 0 Å². The largest absolute Gasteiger partial charge is 0.327 e. The summed E-state index contributed by atoms with van der Waals surface area (Å²) in [4.78, 5) is 0. The minimum absolute atomic E-state index is 0.140. The molecular formula is C10H20FN.